The largest absolute Gasteiger partial charge is 0.550 e. The number of rotatable bonds is 10. The monoisotopic (exact) mass is 417 g/mol. The maximum absolute atomic E-state index is 9.50. The molecule has 0 fully saturated rings. The van der Waals surface area contributed by atoms with Crippen LogP contribution in [0.25, 0.3) is 0 Å². The zero-order valence-corrected chi connectivity index (χ0v) is 17.0. The van der Waals surface area contributed by atoms with E-state index in [9.17, 15) is 19.8 Å². The Morgan fingerprint density at radius 1 is 0.933 bits per heavy atom. The quantitative estimate of drug-likeness (QED) is 0.573. The SMILES string of the molecule is C.COc1cccc(C(OCCN(C)C)c2ccccc2)c1.O=C([O-])CCC(=O)[O-]. The van der Waals surface area contributed by atoms with Gasteiger partial charge in [0.05, 0.1) is 13.7 Å². The Morgan fingerprint density at radius 3 is 2.00 bits per heavy atom. The van der Waals surface area contributed by atoms with E-state index < -0.39 is 24.8 Å². The minimum absolute atomic E-state index is 0. The molecule has 7 nitrogen and oxygen atoms in total. The molecule has 0 spiro atoms. The number of hydrogen-bond donors (Lipinski definition) is 0. The van der Waals surface area contributed by atoms with Gasteiger partial charge in [-0.3, -0.25) is 0 Å². The highest BCUT2D eigenvalue weighted by Gasteiger charge is 2.15. The minimum atomic E-state index is -1.37. The van der Waals surface area contributed by atoms with Crippen LogP contribution in [-0.4, -0.2) is 51.2 Å². The fourth-order valence-corrected chi connectivity index (χ4v) is 2.37. The standard InChI is InChI=1S/C18H23NO2.C4H6O4.CH4/c1-19(2)12-13-21-18(15-8-5-4-6-9-15)16-10-7-11-17(14-16)20-3;5-3(6)1-2-4(7)8;/h4-11,14,18H,12-13H2,1-3H3;1-2H2,(H,5,6)(H,7,8);1H4/p-2. The average molecular weight is 418 g/mol. The van der Waals surface area contributed by atoms with Crippen LogP contribution >= 0.6 is 0 Å². The van der Waals surface area contributed by atoms with Crippen molar-refractivity contribution in [2.75, 3.05) is 34.4 Å². The van der Waals surface area contributed by atoms with Crippen LogP contribution in [0.4, 0.5) is 0 Å². The minimum Gasteiger partial charge on any atom is -0.550 e. The maximum atomic E-state index is 9.50. The molecule has 0 aliphatic heterocycles. The van der Waals surface area contributed by atoms with E-state index in [2.05, 4.69) is 23.1 Å². The van der Waals surface area contributed by atoms with E-state index in [1.807, 2.05) is 50.5 Å². The smallest absolute Gasteiger partial charge is 0.119 e. The summed E-state index contributed by atoms with van der Waals surface area (Å²) in [5.74, 6) is -1.88. The molecule has 0 aliphatic carbocycles. The molecule has 0 radical (unpaired) electrons. The van der Waals surface area contributed by atoms with Crippen molar-refractivity contribution in [3.05, 3.63) is 65.7 Å². The molecule has 0 heterocycles. The summed E-state index contributed by atoms with van der Waals surface area (Å²) in [6.07, 6.45) is -1.01. The Labute approximate surface area is 178 Å². The van der Waals surface area contributed by atoms with Crippen molar-refractivity contribution in [2.45, 2.75) is 26.4 Å². The molecule has 0 bridgehead atoms. The third-order valence-electron chi connectivity index (χ3n) is 3.86. The van der Waals surface area contributed by atoms with Crippen LogP contribution in [0.1, 0.15) is 37.5 Å². The molecule has 2 rings (SSSR count). The summed E-state index contributed by atoms with van der Waals surface area (Å²) in [4.78, 5) is 21.1. The van der Waals surface area contributed by atoms with E-state index in [1.165, 1.54) is 0 Å². The summed E-state index contributed by atoms with van der Waals surface area (Å²) in [7, 11) is 5.78. The molecule has 2 aromatic carbocycles. The van der Waals surface area contributed by atoms with Crippen molar-refractivity contribution in [2.24, 2.45) is 0 Å². The fourth-order valence-electron chi connectivity index (χ4n) is 2.37. The second-order valence-electron chi connectivity index (χ2n) is 6.49. The highest BCUT2D eigenvalue weighted by atomic mass is 16.5. The van der Waals surface area contributed by atoms with Gasteiger partial charge < -0.3 is 34.2 Å². The molecule has 2 aromatic rings. The summed E-state index contributed by atoms with van der Waals surface area (Å²) in [6, 6.07) is 18.4. The lowest BCUT2D eigenvalue weighted by Crippen LogP contribution is -2.27. The van der Waals surface area contributed by atoms with Gasteiger partial charge in [-0.15, -0.1) is 0 Å². The van der Waals surface area contributed by atoms with Crippen molar-refractivity contribution in [1.82, 2.24) is 4.90 Å². The molecule has 7 heteroatoms. The van der Waals surface area contributed by atoms with E-state index >= 15 is 0 Å². The predicted octanol–water partition coefficient (Wildman–Crippen LogP) is 1.27. The number of carbonyl (C=O) groups is 2. The van der Waals surface area contributed by atoms with Crippen LogP contribution in [0, 0.1) is 0 Å². The molecule has 0 saturated carbocycles. The van der Waals surface area contributed by atoms with Crippen LogP contribution < -0.4 is 14.9 Å². The van der Waals surface area contributed by atoms with Gasteiger partial charge in [0.15, 0.2) is 0 Å². The summed E-state index contributed by atoms with van der Waals surface area (Å²) < 4.78 is 11.4. The van der Waals surface area contributed by atoms with Gasteiger partial charge in [-0.25, -0.2) is 0 Å². The Hall–Kier alpha value is -2.90. The summed E-state index contributed by atoms with van der Waals surface area (Å²) >= 11 is 0. The highest BCUT2D eigenvalue weighted by molar-refractivity contribution is 5.72. The summed E-state index contributed by atoms with van der Waals surface area (Å²) in [5, 5.41) is 19.0. The molecule has 166 valence electrons. The Balaban J connectivity index is 0.000000801. The van der Waals surface area contributed by atoms with Crippen LogP contribution in [-0.2, 0) is 14.3 Å². The second-order valence-corrected chi connectivity index (χ2v) is 6.49. The van der Waals surface area contributed by atoms with Gasteiger partial charge in [-0.05, 0) is 50.2 Å². The van der Waals surface area contributed by atoms with Crippen LogP contribution in [0.5, 0.6) is 5.75 Å². The topological polar surface area (TPSA) is 102 Å². The Kier molecular flexibility index (Phi) is 13.6. The number of likely N-dealkylation sites (N-methyl/N-ethyl adjacent to an activating group) is 1. The lowest BCUT2D eigenvalue weighted by Gasteiger charge is -2.20. The molecule has 0 amide bonds. The van der Waals surface area contributed by atoms with Gasteiger partial charge in [0.25, 0.3) is 0 Å². The van der Waals surface area contributed by atoms with Gasteiger partial charge in [-0.1, -0.05) is 49.9 Å². The molecule has 0 N–H and O–H groups in total. The van der Waals surface area contributed by atoms with E-state index in [1.54, 1.807) is 7.11 Å². The number of ether oxygens (including phenoxy) is 2. The molecule has 30 heavy (non-hydrogen) atoms. The number of hydrogen-bond acceptors (Lipinski definition) is 7. The summed E-state index contributed by atoms with van der Waals surface area (Å²) in [6.45, 7) is 1.58. The maximum Gasteiger partial charge on any atom is 0.119 e. The van der Waals surface area contributed by atoms with E-state index in [4.69, 9.17) is 9.47 Å². The number of methoxy groups -OCH3 is 1. The molecule has 0 saturated heterocycles. The number of aliphatic carboxylic acids is 2. The number of nitrogens with zero attached hydrogens (tertiary/aromatic N) is 1. The second kappa shape index (κ2) is 15.0. The Bertz CT molecular complexity index is 734. The third-order valence-corrected chi connectivity index (χ3v) is 3.86. The predicted molar refractivity (Wildman–Crippen MR) is 112 cm³/mol. The van der Waals surface area contributed by atoms with Gasteiger partial charge in [0.2, 0.25) is 0 Å². The number of carbonyl (C=O) groups excluding carboxylic acids is 2. The first-order chi connectivity index (χ1) is 13.8. The van der Waals surface area contributed by atoms with Gasteiger partial charge in [0.1, 0.15) is 11.9 Å². The molecular formula is C23H31NO6-2. The zero-order valence-electron chi connectivity index (χ0n) is 17.0. The lowest BCUT2D eigenvalue weighted by molar-refractivity contribution is -0.315. The fraction of sp³-hybridized carbons (Fsp3) is 0.391. The van der Waals surface area contributed by atoms with Crippen molar-refractivity contribution in [3.63, 3.8) is 0 Å². The highest BCUT2D eigenvalue weighted by Crippen LogP contribution is 2.28. The first-order valence-corrected chi connectivity index (χ1v) is 9.18. The molecular weight excluding hydrogens is 386 g/mol. The lowest BCUT2D eigenvalue weighted by atomic mass is 10.0. The molecule has 0 aliphatic rings. The van der Waals surface area contributed by atoms with Gasteiger partial charge >= 0.3 is 0 Å². The third kappa shape index (κ3) is 11.2. The average Bonchev–Trinajstić information content (AvgIpc) is 2.70. The number of benzene rings is 2. The Morgan fingerprint density at radius 2 is 1.50 bits per heavy atom. The summed E-state index contributed by atoms with van der Waals surface area (Å²) in [5.41, 5.74) is 2.27. The molecule has 1 atom stereocenters. The van der Waals surface area contributed by atoms with Crippen LogP contribution in [0.15, 0.2) is 54.6 Å². The normalized spacial score (nSPS) is 10.9. The van der Waals surface area contributed by atoms with Gasteiger partial charge in [0, 0.05) is 18.5 Å². The first-order valence-electron chi connectivity index (χ1n) is 9.18. The molecule has 0 aromatic heterocycles. The van der Waals surface area contributed by atoms with Crippen LogP contribution in [0.3, 0.4) is 0 Å². The number of carboxylic acids is 2. The first kappa shape index (κ1) is 27.1. The zero-order chi connectivity index (χ0) is 21.6. The van der Waals surface area contributed by atoms with Crippen molar-refractivity contribution in [3.8, 4) is 5.75 Å². The molecule has 1 unspecified atom stereocenters. The van der Waals surface area contributed by atoms with E-state index in [0.29, 0.717) is 6.61 Å². The van der Waals surface area contributed by atoms with Crippen molar-refractivity contribution in [1.29, 1.82) is 0 Å². The number of carboxylic acid groups (broad SMARTS) is 2. The van der Waals surface area contributed by atoms with E-state index in [-0.39, 0.29) is 13.5 Å². The van der Waals surface area contributed by atoms with Gasteiger partial charge in [-0.2, -0.15) is 0 Å². The van der Waals surface area contributed by atoms with Crippen molar-refractivity contribution < 1.29 is 29.3 Å². The van der Waals surface area contributed by atoms with E-state index in [0.717, 1.165) is 23.4 Å². The van der Waals surface area contributed by atoms with Crippen LogP contribution in [0.2, 0.25) is 0 Å². The van der Waals surface area contributed by atoms with Crippen molar-refractivity contribution >= 4 is 11.9 Å².